The number of amides is 1. The second-order valence-corrected chi connectivity index (χ2v) is 9.47. The molecule has 1 amide bonds. The van der Waals surface area contributed by atoms with Crippen LogP contribution in [0.3, 0.4) is 0 Å². The van der Waals surface area contributed by atoms with Gasteiger partial charge in [0.25, 0.3) is 0 Å². The van der Waals surface area contributed by atoms with Crippen LogP contribution >= 0.6 is 0 Å². The Kier molecular flexibility index (Phi) is 8.73. The molecule has 1 saturated heterocycles. The van der Waals surface area contributed by atoms with Crippen molar-refractivity contribution in [3.8, 4) is 5.75 Å². The van der Waals surface area contributed by atoms with Gasteiger partial charge in [-0.2, -0.15) is 0 Å². The molecule has 0 bridgehead atoms. The van der Waals surface area contributed by atoms with Crippen molar-refractivity contribution >= 4 is 11.8 Å². The van der Waals surface area contributed by atoms with Gasteiger partial charge in [0.1, 0.15) is 11.4 Å². The fraction of sp³-hybridized carbons (Fsp3) is 0.481. The molecular weight excluding hydrogens is 414 g/mol. The maximum absolute atomic E-state index is 13.0. The molecule has 3 rings (SSSR count). The van der Waals surface area contributed by atoms with Crippen molar-refractivity contribution in [3.05, 3.63) is 71.6 Å². The van der Waals surface area contributed by atoms with Crippen molar-refractivity contribution < 1.29 is 14.3 Å². The Morgan fingerprint density at radius 3 is 2.36 bits per heavy atom. The summed E-state index contributed by atoms with van der Waals surface area (Å²) >= 11 is 0. The SMILES string of the molecule is [C-]#[N+]c1ccc(OCCCN(C(=O)OC(C)(C)C)C2CCN(Cc3ccccc3)CC2)cc1. The number of nitrogens with zero attached hydrogens (tertiary/aromatic N) is 3. The molecule has 0 saturated carbocycles. The van der Waals surface area contributed by atoms with Gasteiger partial charge in [0.2, 0.25) is 0 Å². The minimum Gasteiger partial charge on any atom is -0.494 e. The van der Waals surface area contributed by atoms with E-state index in [2.05, 4.69) is 34.0 Å². The van der Waals surface area contributed by atoms with Crippen molar-refractivity contribution in [1.82, 2.24) is 9.80 Å². The molecule has 1 heterocycles. The van der Waals surface area contributed by atoms with Crippen LogP contribution in [0.4, 0.5) is 10.5 Å². The summed E-state index contributed by atoms with van der Waals surface area (Å²) in [6, 6.07) is 17.8. The van der Waals surface area contributed by atoms with Crippen molar-refractivity contribution in [2.75, 3.05) is 26.2 Å². The predicted molar refractivity (Wildman–Crippen MR) is 130 cm³/mol. The molecule has 176 valence electrons. The maximum Gasteiger partial charge on any atom is 0.410 e. The molecule has 2 aromatic rings. The molecule has 2 aromatic carbocycles. The van der Waals surface area contributed by atoms with Gasteiger partial charge in [-0.1, -0.05) is 42.5 Å². The highest BCUT2D eigenvalue weighted by Crippen LogP contribution is 2.22. The van der Waals surface area contributed by atoms with Crippen molar-refractivity contribution in [1.29, 1.82) is 0 Å². The third kappa shape index (κ3) is 8.11. The van der Waals surface area contributed by atoms with Gasteiger partial charge in [0.05, 0.1) is 13.2 Å². The highest BCUT2D eigenvalue weighted by Gasteiger charge is 2.30. The number of ether oxygens (including phenoxy) is 2. The minimum absolute atomic E-state index is 0.171. The van der Waals surface area contributed by atoms with E-state index in [1.54, 1.807) is 12.1 Å². The summed E-state index contributed by atoms with van der Waals surface area (Å²) in [4.78, 5) is 20.7. The Bertz CT molecular complexity index is 908. The molecule has 6 nitrogen and oxygen atoms in total. The molecule has 0 N–H and O–H groups in total. The quantitative estimate of drug-likeness (QED) is 0.371. The topological polar surface area (TPSA) is 46.4 Å². The van der Waals surface area contributed by atoms with Crippen LogP contribution in [0.1, 0.15) is 45.6 Å². The van der Waals surface area contributed by atoms with E-state index in [9.17, 15) is 4.79 Å². The Balaban J connectivity index is 1.52. The average Bonchev–Trinajstić information content (AvgIpc) is 2.80. The van der Waals surface area contributed by atoms with E-state index < -0.39 is 5.60 Å². The van der Waals surface area contributed by atoms with Gasteiger partial charge in [-0.3, -0.25) is 4.90 Å². The van der Waals surface area contributed by atoms with Crippen molar-refractivity contribution in [2.45, 2.75) is 58.2 Å². The Labute approximate surface area is 197 Å². The van der Waals surface area contributed by atoms with Crippen LogP contribution in [0.2, 0.25) is 0 Å². The normalized spacial score (nSPS) is 15.0. The highest BCUT2D eigenvalue weighted by molar-refractivity contribution is 5.68. The Hall–Kier alpha value is -3.04. The third-order valence-electron chi connectivity index (χ3n) is 5.65. The van der Waals surface area contributed by atoms with E-state index >= 15 is 0 Å². The Morgan fingerprint density at radius 1 is 1.09 bits per heavy atom. The largest absolute Gasteiger partial charge is 0.494 e. The van der Waals surface area contributed by atoms with Gasteiger partial charge in [-0.25, -0.2) is 9.64 Å². The maximum atomic E-state index is 13.0. The molecule has 0 aliphatic carbocycles. The first kappa shape index (κ1) is 24.6. The zero-order chi connectivity index (χ0) is 23.7. The standard InChI is InChI=1S/C27H35N3O3/c1-27(2,3)33-26(31)30(17-8-20-32-25-13-11-23(28-4)12-14-25)24-15-18-29(19-16-24)21-22-9-6-5-7-10-22/h5-7,9-14,24H,8,15-21H2,1-3H3. The molecule has 6 heteroatoms. The van der Waals surface area contributed by atoms with Crippen LogP contribution in [-0.4, -0.2) is 53.8 Å². The minimum atomic E-state index is -0.523. The first-order chi connectivity index (χ1) is 15.8. The van der Waals surface area contributed by atoms with Gasteiger partial charge in [0, 0.05) is 32.2 Å². The van der Waals surface area contributed by atoms with Crippen LogP contribution in [0, 0.1) is 6.57 Å². The van der Waals surface area contributed by atoms with Gasteiger partial charge in [-0.05, 0) is 57.7 Å². The first-order valence-corrected chi connectivity index (χ1v) is 11.7. The summed E-state index contributed by atoms with van der Waals surface area (Å²) in [6.07, 6.45) is 2.34. The predicted octanol–water partition coefficient (Wildman–Crippen LogP) is 5.91. The number of likely N-dealkylation sites (tertiary alicyclic amines) is 1. The van der Waals surface area contributed by atoms with Crippen LogP contribution in [-0.2, 0) is 11.3 Å². The van der Waals surface area contributed by atoms with Gasteiger partial charge in [-0.15, -0.1) is 0 Å². The molecule has 33 heavy (non-hydrogen) atoms. The zero-order valence-corrected chi connectivity index (χ0v) is 20.0. The molecule has 0 spiro atoms. The smallest absolute Gasteiger partial charge is 0.410 e. The molecular formula is C27H35N3O3. The van der Waals surface area contributed by atoms with E-state index in [0.717, 1.165) is 38.2 Å². The van der Waals surface area contributed by atoms with E-state index in [4.69, 9.17) is 16.0 Å². The molecule has 1 aliphatic rings. The number of benzene rings is 2. The van der Waals surface area contributed by atoms with E-state index in [0.29, 0.717) is 25.3 Å². The number of carbonyl (C=O) groups is 1. The summed E-state index contributed by atoms with van der Waals surface area (Å²) in [6.45, 7) is 16.7. The Morgan fingerprint density at radius 2 is 1.76 bits per heavy atom. The lowest BCUT2D eigenvalue weighted by atomic mass is 10.0. The third-order valence-corrected chi connectivity index (χ3v) is 5.65. The fourth-order valence-corrected chi connectivity index (χ4v) is 4.02. The number of hydrogen-bond donors (Lipinski definition) is 0. The lowest BCUT2D eigenvalue weighted by Crippen LogP contribution is -2.49. The molecule has 0 unspecified atom stereocenters. The van der Waals surface area contributed by atoms with Crippen LogP contribution in [0.5, 0.6) is 5.75 Å². The fourth-order valence-electron chi connectivity index (χ4n) is 4.02. The van der Waals surface area contributed by atoms with Gasteiger partial charge < -0.3 is 14.4 Å². The van der Waals surface area contributed by atoms with Crippen LogP contribution < -0.4 is 4.74 Å². The molecule has 0 atom stereocenters. The highest BCUT2D eigenvalue weighted by atomic mass is 16.6. The molecule has 1 aliphatic heterocycles. The number of rotatable bonds is 8. The summed E-state index contributed by atoms with van der Waals surface area (Å²) in [5.41, 5.74) is 1.39. The number of carbonyl (C=O) groups excluding carboxylic acids is 1. The summed E-state index contributed by atoms with van der Waals surface area (Å²) < 4.78 is 11.5. The lowest BCUT2D eigenvalue weighted by molar-refractivity contribution is 0.00674. The monoisotopic (exact) mass is 449 g/mol. The van der Waals surface area contributed by atoms with Crippen molar-refractivity contribution in [2.24, 2.45) is 0 Å². The van der Waals surface area contributed by atoms with Gasteiger partial charge in [0.15, 0.2) is 5.69 Å². The molecule has 0 radical (unpaired) electrons. The average molecular weight is 450 g/mol. The van der Waals surface area contributed by atoms with Gasteiger partial charge >= 0.3 is 6.09 Å². The van der Waals surface area contributed by atoms with Crippen LogP contribution in [0.15, 0.2) is 54.6 Å². The second-order valence-electron chi connectivity index (χ2n) is 9.47. The first-order valence-electron chi connectivity index (χ1n) is 11.7. The number of hydrogen-bond acceptors (Lipinski definition) is 4. The molecule has 0 aromatic heterocycles. The second kappa shape index (κ2) is 11.7. The summed E-state index contributed by atoms with van der Waals surface area (Å²) in [5.74, 6) is 0.737. The van der Waals surface area contributed by atoms with E-state index in [1.165, 1.54) is 5.56 Å². The summed E-state index contributed by atoms with van der Waals surface area (Å²) in [5, 5.41) is 0. The van der Waals surface area contributed by atoms with Crippen molar-refractivity contribution in [3.63, 3.8) is 0 Å². The zero-order valence-electron chi connectivity index (χ0n) is 20.0. The van der Waals surface area contributed by atoms with E-state index in [-0.39, 0.29) is 12.1 Å². The summed E-state index contributed by atoms with van der Waals surface area (Å²) in [7, 11) is 0. The number of piperidine rings is 1. The van der Waals surface area contributed by atoms with E-state index in [1.807, 2.05) is 43.9 Å². The van der Waals surface area contributed by atoms with Crippen LogP contribution in [0.25, 0.3) is 4.85 Å². The molecule has 1 fully saturated rings. The lowest BCUT2D eigenvalue weighted by Gasteiger charge is -2.39.